The van der Waals surface area contributed by atoms with E-state index in [4.69, 9.17) is 4.74 Å². The average molecular weight is 443 g/mol. The molecule has 1 atom stereocenters. The standard InChI is InChI=1S/C19H27FN4O5S/c1-13(15-4-5-16(20)17(10-15)29-12-14-2-3-14)23-30(27,28)9-7-21-6-8-24-11-18(25)22-19(24)26/h4-5,10,13-14,21,23H,2-3,6-9,11-12H2,1H3,(H,22,25,26)/t13-/m1/s1. The van der Waals surface area contributed by atoms with E-state index in [1.54, 1.807) is 6.92 Å². The summed E-state index contributed by atoms with van der Waals surface area (Å²) < 4.78 is 46.7. The number of carbonyl (C=O) groups is 2. The third-order valence-electron chi connectivity index (χ3n) is 4.96. The molecule has 1 saturated heterocycles. The van der Waals surface area contributed by atoms with E-state index in [0.717, 1.165) is 12.8 Å². The maximum absolute atomic E-state index is 13.9. The number of hydrogen-bond acceptors (Lipinski definition) is 6. The molecule has 2 aliphatic rings. The summed E-state index contributed by atoms with van der Waals surface area (Å²) in [5.74, 6) is -0.350. The van der Waals surface area contributed by atoms with Crippen LogP contribution in [-0.4, -0.2) is 63.8 Å². The molecule has 0 unspecified atom stereocenters. The van der Waals surface area contributed by atoms with E-state index < -0.39 is 27.9 Å². The van der Waals surface area contributed by atoms with E-state index in [-0.39, 0.29) is 30.5 Å². The van der Waals surface area contributed by atoms with Crippen molar-refractivity contribution >= 4 is 22.0 Å². The van der Waals surface area contributed by atoms with Crippen molar-refractivity contribution in [1.82, 2.24) is 20.3 Å². The minimum absolute atomic E-state index is 0.0158. The molecule has 3 amide bonds. The molecule has 166 valence electrons. The summed E-state index contributed by atoms with van der Waals surface area (Å²) in [5, 5.41) is 5.12. The average Bonchev–Trinajstić information content (AvgIpc) is 3.44. The first kappa shape index (κ1) is 22.4. The van der Waals surface area contributed by atoms with Crippen LogP contribution in [0.5, 0.6) is 5.75 Å². The smallest absolute Gasteiger partial charge is 0.324 e. The van der Waals surface area contributed by atoms with Crippen LogP contribution < -0.4 is 20.1 Å². The highest BCUT2D eigenvalue weighted by atomic mass is 32.2. The van der Waals surface area contributed by atoms with Crippen molar-refractivity contribution in [3.8, 4) is 5.75 Å². The second kappa shape index (κ2) is 9.71. The molecule has 1 aliphatic carbocycles. The van der Waals surface area contributed by atoms with Gasteiger partial charge in [0.2, 0.25) is 15.9 Å². The normalized spacial score (nSPS) is 17.9. The van der Waals surface area contributed by atoms with Crippen LogP contribution >= 0.6 is 0 Å². The molecule has 30 heavy (non-hydrogen) atoms. The lowest BCUT2D eigenvalue weighted by atomic mass is 10.1. The molecular formula is C19H27FN4O5S. The summed E-state index contributed by atoms with van der Waals surface area (Å²) in [6.45, 7) is 3.03. The van der Waals surface area contributed by atoms with Gasteiger partial charge >= 0.3 is 6.03 Å². The van der Waals surface area contributed by atoms with Gasteiger partial charge in [0.15, 0.2) is 11.6 Å². The van der Waals surface area contributed by atoms with Crippen LogP contribution in [0.4, 0.5) is 9.18 Å². The number of ether oxygens (including phenoxy) is 1. The number of urea groups is 1. The molecule has 3 rings (SSSR count). The highest BCUT2D eigenvalue weighted by Gasteiger charge is 2.26. The highest BCUT2D eigenvalue weighted by molar-refractivity contribution is 7.89. The fraction of sp³-hybridized carbons (Fsp3) is 0.579. The van der Waals surface area contributed by atoms with Crippen molar-refractivity contribution in [1.29, 1.82) is 0 Å². The van der Waals surface area contributed by atoms with Gasteiger partial charge in [0.05, 0.1) is 12.4 Å². The van der Waals surface area contributed by atoms with E-state index in [1.807, 2.05) is 0 Å². The van der Waals surface area contributed by atoms with Gasteiger partial charge in [-0.25, -0.2) is 22.3 Å². The van der Waals surface area contributed by atoms with E-state index in [9.17, 15) is 22.4 Å². The number of hydrogen-bond donors (Lipinski definition) is 3. The summed E-state index contributed by atoms with van der Waals surface area (Å²) in [6.07, 6.45) is 2.18. The minimum Gasteiger partial charge on any atom is -0.490 e. The Morgan fingerprint density at radius 1 is 1.30 bits per heavy atom. The lowest BCUT2D eigenvalue weighted by Gasteiger charge is -2.17. The number of benzene rings is 1. The molecule has 2 fully saturated rings. The third kappa shape index (κ3) is 6.64. The Morgan fingerprint density at radius 3 is 2.73 bits per heavy atom. The van der Waals surface area contributed by atoms with Gasteiger partial charge in [-0.2, -0.15) is 0 Å². The summed E-state index contributed by atoms with van der Waals surface area (Å²) in [7, 11) is -3.58. The fourth-order valence-electron chi connectivity index (χ4n) is 3.00. The molecule has 0 spiro atoms. The van der Waals surface area contributed by atoms with Gasteiger partial charge < -0.3 is 15.0 Å². The predicted molar refractivity (Wildman–Crippen MR) is 108 cm³/mol. The number of sulfonamides is 1. The fourth-order valence-corrected chi connectivity index (χ4v) is 4.20. The maximum Gasteiger partial charge on any atom is 0.324 e. The Labute approximate surface area is 175 Å². The van der Waals surface area contributed by atoms with E-state index in [0.29, 0.717) is 31.2 Å². The highest BCUT2D eigenvalue weighted by Crippen LogP contribution is 2.31. The number of imide groups is 1. The SMILES string of the molecule is C[C@@H](NS(=O)(=O)CCNCCN1CC(=O)NC1=O)c1ccc(F)c(OCC2CC2)c1. The van der Waals surface area contributed by atoms with Crippen LogP contribution in [0.1, 0.15) is 31.4 Å². The number of halogens is 1. The molecular weight excluding hydrogens is 415 g/mol. The number of carbonyl (C=O) groups excluding carboxylic acids is 2. The van der Waals surface area contributed by atoms with Crippen LogP contribution in [0.2, 0.25) is 0 Å². The Morgan fingerprint density at radius 2 is 2.07 bits per heavy atom. The molecule has 1 aromatic carbocycles. The first-order chi connectivity index (χ1) is 14.2. The van der Waals surface area contributed by atoms with Crippen LogP contribution in [0.3, 0.4) is 0 Å². The number of rotatable bonds is 12. The van der Waals surface area contributed by atoms with E-state index in [2.05, 4.69) is 15.4 Å². The van der Waals surface area contributed by atoms with Gasteiger partial charge in [0.1, 0.15) is 6.54 Å². The molecule has 3 N–H and O–H groups in total. The molecule has 11 heteroatoms. The lowest BCUT2D eigenvalue weighted by molar-refractivity contribution is -0.118. The van der Waals surface area contributed by atoms with Crippen LogP contribution in [0.25, 0.3) is 0 Å². The molecule has 1 heterocycles. The van der Waals surface area contributed by atoms with E-state index >= 15 is 0 Å². The number of nitrogens with zero attached hydrogens (tertiary/aromatic N) is 1. The van der Waals surface area contributed by atoms with Crippen molar-refractivity contribution in [3.05, 3.63) is 29.6 Å². The van der Waals surface area contributed by atoms with Crippen molar-refractivity contribution < 1.29 is 27.1 Å². The van der Waals surface area contributed by atoms with Gasteiger partial charge in [-0.3, -0.25) is 10.1 Å². The van der Waals surface area contributed by atoms with Gasteiger partial charge in [-0.1, -0.05) is 6.07 Å². The zero-order chi connectivity index (χ0) is 21.7. The molecule has 1 aromatic rings. The van der Waals surface area contributed by atoms with Gasteiger partial charge in [0, 0.05) is 25.7 Å². The second-order valence-corrected chi connectivity index (χ2v) is 9.50. The van der Waals surface area contributed by atoms with Gasteiger partial charge in [0.25, 0.3) is 0 Å². The van der Waals surface area contributed by atoms with Crippen LogP contribution in [-0.2, 0) is 14.8 Å². The predicted octanol–water partition coefficient (Wildman–Crippen LogP) is 0.736. The first-order valence-corrected chi connectivity index (χ1v) is 11.6. The molecule has 9 nitrogen and oxygen atoms in total. The summed E-state index contributed by atoms with van der Waals surface area (Å²) in [6, 6.07) is 3.37. The Kier molecular flexibility index (Phi) is 7.27. The van der Waals surface area contributed by atoms with Crippen molar-refractivity contribution in [2.45, 2.75) is 25.8 Å². The van der Waals surface area contributed by atoms with Crippen molar-refractivity contribution in [2.75, 3.05) is 38.5 Å². The topological polar surface area (TPSA) is 117 Å². The second-order valence-electron chi connectivity index (χ2n) is 7.63. The van der Waals surface area contributed by atoms with E-state index in [1.165, 1.54) is 23.1 Å². The Hall–Kier alpha value is -2.24. The summed E-state index contributed by atoms with van der Waals surface area (Å²) >= 11 is 0. The Balaban J connectivity index is 1.42. The molecule has 1 saturated carbocycles. The largest absolute Gasteiger partial charge is 0.490 e. The van der Waals surface area contributed by atoms with Crippen molar-refractivity contribution in [2.24, 2.45) is 5.92 Å². The number of nitrogens with one attached hydrogen (secondary N) is 3. The van der Waals surface area contributed by atoms with Crippen LogP contribution in [0.15, 0.2) is 18.2 Å². The molecule has 1 aliphatic heterocycles. The minimum atomic E-state index is -3.58. The van der Waals surface area contributed by atoms with Gasteiger partial charge in [-0.15, -0.1) is 0 Å². The van der Waals surface area contributed by atoms with Crippen molar-refractivity contribution in [3.63, 3.8) is 0 Å². The molecule has 0 aromatic heterocycles. The monoisotopic (exact) mass is 442 g/mol. The van der Waals surface area contributed by atoms with Gasteiger partial charge in [-0.05, 0) is 43.4 Å². The zero-order valence-corrected chi connectivity index (χ0v) is 17.6. The Bertz CT molecular complexity index is 891. The molecule has 0 bridgehead atoms. The lowest BCUT2D eigenvalue weighted by Crippen LogP contribution is -2.38. The number of amides is 3. The quantitative estimate of drug-likeness (QED) is 0.325. The zero-order valence-electron chi connectivity index (χ0n) is 16.8. The van der Waals surface area contributed by atoms with Crippen LogP contribution in [0, 0.1) is 11.7 Å². The summed E-state index contributed by atoms with van der Waals surface area (Å²) in [4.78, 5) is 23.9. The maximum atomic E-state index is 13.9. The first-order valence-electron chi connectivity index (χ1n) is 9.95. The molecule has 0 radical (unpaired) electrons. The third-order valence-corrected chi connectivity index (χ3v) is 6.41. The summed E-state index contributed by atoms with van der Waals surface area (Å²) in [5.41, 5.74) is 0.614.